The maximum absolute atomic E-state index is 9.80. The molecule has 0 aliphatic carbocycles. The molecule has 0 rings (SSSR count). The molecule has 0 aromatic heterocycles. The van der Waals surface area contributed by atoms with E-state index in [1.54, 1.807) is 0 Å². The van der Waals surface area contributed by atoms with Crippen molar-refractivity contribution in [1.82, 2.24) is 5.32 Å². The highest BCUT2D eigenvalue weighted by Gasteiger charge is 2.28. The SMILES string of the molecule is CCCC(CCC)NCC(C)(CC)C(C)O. The van der Waals surface area contributed by atoms with Crippen molar-refractivity contribution in [1.29, 1.82) is 0 Å². The summed E-state index contributed by atoms with van der Waals surface area (Å²) in [5.41, 5.74) is 0.0136. The molecule has 0 amide bonds. The zero-order valence-electron chi connectivity index (χ0n) is 11.8. The molecular weight excluding hydrogens is 198 g/mol. The van der Waals surface area contributed by atoms with Crippen LogP contribution in [-0.2, 0) is 0 Å². The number of hydrogen-bond acceptors (Lipinski definition) is 2. The Balaban J connectivity index is 4.15. The standard InChI is InChI=1S/C14H31NO/c1-6-9-13(10-7-2)15-11-14(5,8-3)12(4)16/h12-13,15-16H,6-11H2,1-5H3. The van der Waals surface area contributed by atoms with Gasteiger partial charge in [-0.05, 0) is 26.2 Å². The summed E-state index contributed by atoms with van der Waals surface area (Å²) in [5.74, 6) is 0. The van der Waals surface area contributed by atoms with Crippen LogP contribution in [-0.4, -0.2) is 23.8 Å². The van der Waals surface area contributed by atoms with Gasteiger partial charge in [-0.15, -0.1) is 0 Å². The van der Waals surface area contributed by atoms with E-state index in [4.69, 9.17) is 0 Å². The van der Waals surface area contributed by atoms with Crippen LogP contribution in [0.15, 0.2) is 0 Å². The largest absolute Gasteiger partial charge is 0.393 e. The molecule has 0 radical (unpaired) electrons. The molecule has 0 saturated carbocycles. The van der Waals surface area contributed by atoms with Crippen molar-refractivity contribution in [2.24, 2.45) is 5.41 Å². The van der Waals surface area contributed by atoms with Crippen LogP contribution in [0.4, 0.5) is 0 Å². The average Bonchev–Trinajstić information content (AvgIpc) is 2.25. The van der Waals surface area contributed by atoms with Crippen LogP contribution in [0.5, 0.6) is 0 Å². The van der Waals surface area contributed by atoms with E-state index in [1.165, 1.54) is 25.7 Å². The lowest BCUT2D eigenvalue weighted by Gasteiger charge is -2.33. The van der Waals surface area contributed by atoms with Crippen molar-refractivity contribution in [3.8, 4) is 0 Å². The zero-order chi connectivity index (χ0) is 12.6. The Morgan fingerprint density at radius 3 is 1.94 bits per heavy atom. The fraction of sp³-hybridized carbons (Fsp3) is 1.00. The number of nitrogens with one attached hydrogen (secondary N) is 1. The summed E-state index contributed by atoms with van der Waals surface area (Å²) >= 11 is 0. The van der Waals surface area contributed by atoms with Crippen LogP contribution < -0.4 is 5.32 Å². The van der Waals surface area contributed by atoms with E-state index in [0.717, 1.165) is 13.0 Å². The molecule has 0 aliphatic heterocycles. The lowest BCUT2D eigenvalue weighted by Crippen LogP contribution is -2.43. The lowest BCUT2D eigenvalue weighted by atomic mass is 9.82. The highest BCUT2D eigenvalue weighted by atomic mass is 16.3. The van der Waals surface area contributed by atoms with Gasteiger partial charge in [0.25, 0.3) is 0 Å². The molecule has 0 aromatic carbocycles. The highest BCUT2D eigenvalue weighted by Crippen LogP contribution is 2.25. The predicted molar refractivity (Wildman–Crippen MR) is 71.7 cm³/mol. The highest BCUT2D eigenvalue weighted by molar-refractivity contribution is 4.82. The van der Waals surface area contributed by atoms with E-state index in [1.807, 2.05) is 6.92 Å². The molecule has 2 atom stereocenters. The van der Waals surface area contributed by atoms with Gasteiger partial charge in [-0.25, -0.2) is 0 Å². The Morgan fingerprint density at radius 2 is 1.62 bits per heavy atom. The summed E-state index contributed by atoms with van der Waals surface area (Å²) in [6.45, 7) is 11.6. The Labute approximate surface area is 102 Å². The Morgan fingerprint density at radius 1 is 1.12 bits per heavy atom. The number of rotatable bonds is 9. The Hall–Kier alpha value is -0.0800. The van der Waals surface area contributed by atoms with Gasteiger partial charge in [0.1, 0.15) is 0 Å². The van der Waals surface area contributed by atoms with Gasteiger partial charge in [0.05, 0.1) is 6.10 Å². The van der Waals surface area contributed by atoms with Crippen molar-refractivity contribution in [3.63, 3.8) is 0 Å². The fourth-order valence-electron chi connectivity index (χ4n) is 1.99. The van der Waals surface area contributed by atoms with Crippen LogP contribution in [0.25, 0.3) is 0 Å². The zero-order valence-corrected chi connectivity index (χ0v) is 11.8. The second-order valence-corrected chi connectivity index (χ2v) is 5.34. The van der Waals surface area contributed by atoms with Crippen LogP contribution in [0, 0.1) is 5.41 Å². The minimum absolute atomic E-state index is 0.0136. The van der Waals surface area contributed by atoms with Crippen molar-refractivity contribution >= 4 is 0 Å². The van der Waals surface area contributed by atoms with Crippen molar-refractivity contribution in [3.05, 3.63) is 0 Å². The summed E-state index contributed by atoms with van der Waals surface area (Å²) in [7, 11) is 0. The molecule has 0 fully saturated rings. The van der Waals surface area contributed by atoms with Crippen LogP contribution in [0.2, 0.25) is 0 Å². The minimum atomic E-state index is -0.242. The first-order valence-corrected chi connectivity index (χ1v) is 6.91. The van der Waals surface area contributed by atoms with Crippen molar-refractivity contribution < 1.29 is 5.11 Å². The molecule has 98 valence electrons. The second kappa shape index (κ2) is 8.08. The van der Waals surface area contributed by atoms with Crippen LogP contribution in [0.1, 0.15) is 66.7 Å². The van der Waals surface area contributed by atoms with Gasteiger partial charge in [-0.2, -0.15) is 0 Å². The summed E-state index contributed by atoms with van der Waals surface area (Å²) in [5, 5.41) is 13.4. The van der Waals surface area contributed by atoms with Gasteiger partial charge in [0.15, 0.2) is 0 Å². The summed E-state index contributed by atoms with van der Waals surface area (Å²) in [6.07, 6.45) is 5.72. The van der Waals surface area contributed by atoms with Gasteiger partial charge in [0.2, 0.25) is 0 Å². The van der Waals surface area contributed by atoms with Crippen molar-refractivity contribution in [2.45, 2.75) is 78.9 Å². The molecule has 0 saturated heterocycles. The van der Waals surface area contributed by atoms with Crippen LogP contribution >= 0.6 is 0 Å². The Bertz CT molecular complexity index is 164. The summed E-state index contributed by atoms with van der Waals surface area (Å²) < 4.78 is 0. The third-order valence-corrected chi connectivity index (χ3v) is 3.89. The van der Waals surface area contributed by atoms with Gasteiger partial charge in [-0.1, -0.05) is 40.5 Å². The summed E-state index contributed by atoms with van der Waals surface area (Å²) in [6, 6.07) is 0.625. The molecule has 2 unspecified atom stereocenters. The maximum atomic E-state index is 9.80. The normalized spacial score (nSPS) is 17.4. The van der Waals surface area contributed by atoms with E-state index in [-0.39, 0.29) is 11.5 Å². The first-order chi connectivity index (χ1) is 7.50. The number of hydrogen-bond donors (Lipinski definition) is 2. The quantitative estimate of drug-likeness (QED) is 0.635. The van der Waals surface area contributed by atoms with Crippen LogP contribution in [0.3, 0.4) is 0 Å². The van der Waals surface area contributed by atoms with E-state index in [9.17, 15) is 5.11 Å². The van der Waals surface area contributed by atoms with E-state index < -0.39 is 0 Å². The van der Waals surface area contributed by atoms with E-state index >= 15 is 0 Å². The molecule has 2 nitrogen and oxygen atoms in total. The smallest absolute Gasteiger partial charge is 0.0577 e. The third-order valence-electron chi connectivity index (χ3n) is 3.89. The van der Waals surface area contributed by atoms with Crippen molar-refractivity contribution in [2.75, 3.05) is 6.54 Å². The van der Waals surface area contributed by atoms with Gasteiger partial charge in [0, 0.05) is 18.0 Å². The molecule has 2 heteroatoms. The monoisotopic (exact) mass is 229 g/mol. The van der Waals surface area contributed by atoms with Gasteiger partial charge < -0.3 is 10.4 Å². The fourth-order valence-corrected chi connectivity index (χ4v) is 1.99. The van der Waals surface area contributed by atoms with E-state index in [0.29, 0.717) is 6.04 Å². The Kier molecular flexibility index (Phi) is 8.04. The molecule has 0 aromatic rings. The second-order valence-electron chi connectivity index (χ2n) is 5.34. The van der Waals surface area contributed by atoms with Gasteiger partial charge >= 0.3 is 0 Å². The molecular formula is C14H31NO. The van der Waals surface area contributed by atoms with E-state index in [2.05, 4.69) is 33.0 Å². The first kappa shape index (κ1) is 15.9. The molecule has 0 spiro atoms. The molecule has 2 N–H and O–H groups in total. The number of aliphatic hydroxyl groups excluding tert-OH is 1. The number of aliphatic hydroxyl groups is 1. The first-order valence-electron chi connectivity index (χ1n) is 6.91. The predicted octanol–water partition coefficient (Wildman–Crippen LogP) is 3.34. The third kappa shape index (κ3) is 5.31. The lowest BCUT2D eigenvalue weighted by molar-refractivity contribution is 0.0464. The van der Waals surface area contributed by atoms with Gasteiger partial charge in [-0.3, -0.25) is 0 Å². The molecule has 0 bridgehead atoms. The molecule has 0 heterocycles. The minimum Gasteiger partial charge on any atom is -0.393 e. The topological polar surface area (TPSA) is 32.3 Å². The molecule has 0 aliphatic rings. The summed E-state index contributed by atoms with van der Waals surface area (Å²) in [4.78, 5) is 0. The average molecular weight is 229 g/mol. The maximum Gasteiger partial charge on any atom is 0.0577 e. The molecule has 16 heavy (non-hydrogen) atoms.